The Kier molecular flexibility index (Phi) is 5.94. The molecule has 38 heavy (non-hydrogen) atoms. The van der Waals surface area contributed by atoms with Crippen molar-refractivity contribution in [1.82, 2.24) is 23.8 Å². The summed E-state index contributed by atoms with van der Waals surface area (Å²) in [5, 5.41) is 1.03. The standard InChI is InChI=1S/C26H24N6O5S/c1-16(32-15-30-22-24(27)28-14-29-25(22)32)23-21(19-7-2-3-8-20(19)26(33)37-23)17-5-4-6-18(13-17)38(34,35)31-9-11-36-12-10-31/h2-8,13-16H,9-12H2,1H3,(H2,27,28,29). The van der Waals surface area contributed by atoms with Crippen molar-refractivity contribution in [3.05, 3.63) is 77.4 Å². The second-order valence-electron chi connectivity index (χ2n) is 8.98. The molecule has 1 atom stereocenters. The van der Waals surface area contributed by atoms with E-state index in [9.17, 15) is 13.2 Å². The largest absolute Gasteiger partial charge is 0.425 e. The van der Waals surface area contributed by atoms with Gasteiger partial charge in [0, 0.05) is 24.0 Å². The Morgan fingerprint density at radius 3 is 2.55 bits per heavy atom. The van der Waals surface area contributed by atoms with E-state index in [1.807, 2.05) is 25.1 Å². The number of imidazole rings is 1. The van der Waals surface area contributed by atoms with Crippen molar-refractivity contribution in [1.29, 1.82) is 0 Å². The number of morpholine rings is 1. The second kappa shape index (κ2) is 9.31. The molecule has 0 bridgehead atoms. The van der Waals surface area contributed by atoms with E-state index in [-0.39, 0.29) is 23.8 Å². The van der Waals surface area contributed by atoms with Crippen molar-refractivity contribution in [2.45, 2.75) is 17.9 Å². The van der Waals surface area contributed by atoms with Crippen molar-refractivity contribution < 1.29 is 17.6 Å². The summed E-state index contributed by atoms with van der Waals surface area (Å²) in [5.74, 6) is 0.577. The Morgan fingerprint density at radius 2 is 1.76 bits per heavy atom. The quantitative estimate of drug-likeness (QED) is 0.361. The van der Waals surface area contributed by atoms with Crippen LogP contribution in [0.1, 0.15) is 18.7 Å². The molecule has 1 aliphatic heterocycles. The summed E-state index contributed by atoms with van der Waals surface area (Å²) >= 11 is 0. The van der Waals surface area contributed by atoms with Crippen LogP contribution in [0.15, 0.2) is 75.3 Å². The van der Waals surface area contributed by atoms with Crippen molar-refractivity contribution in [2.24, 2.45) is 0 Å². The van der Waals surface area contributed by atoms with Gasteiger partial charge in [-0.1, -0.05) is 30.3 Å². The lowest BCUT2D eigenvalue weighted by Gasteiger charge is -2.26. The number of sulfonamides is 1. The molecule has 0 aliphatic carbocycles. The van der Waals surface area contributed by atoms with E-state index < -0.39 is 21.7 Å². The first-order chi connectivity index (χ1) is 18.4. The van der Waals surface area contributed by atoms with Crippen LogP contribution >= 0.6 is 0 Å². The lowest BCUT2D eigenvalue weighted by molar-refractivity contribution is 0.0730. The molecule has 12 heteroatoms. The van der Waals surface area contributed by atoms with E-state index >= 15 is 0 Å². The van der Waals surface area contributed by atoms with Gasteiger partial charge in [0.2, 0.25) is 10.0 Å². The highest BCUT2D eigenvalue weighted by Gasteiger charge is 2.28. The smallest absolute Gasteiger partial charge is 0.343 e. The van der Waals surface area contributed by atoms with Gasteiger partial charge in [0.1, 0.15) is 17.6 Å². The van der Waals surface area contributed by atoms with Gasteiger partial charge in [-0.2, -0.15) is 4.31 Å². The monoisotopic (exact) mass is 532 g/mol. The zero-order valence-electron chi connectivity index (χ0n) is 20.4. The van der Waals surface area contributed by atoms with Gasteiger partial charge in [-0.15, -0.1) is 0 Å². The summed E-state index contributed by atoms with van der Waals surface area (Å²) in [4.78, 5) is 25.9. The molecule has 194 valence electrons. The number of hydrogen-bond donors (Lipinski definition) is 1. The van der Waals surface area contributed by atoms with Crippen LogP contribution in [-0.2, 0) is 14.8 Å². The van der Waals surface area contributed by atoms with Crippen molar-refractivity contribution in [3.8, 4) is 11.1 Å². The maximum Gasteiger partial charge on any atom is 0.343 e. The molecule has 0 spiro atoms. The Labute approximate surface area is 217 Å². The van der Waals surface area contributed by atoms with Crippen LogP contribution in [0.3, 0.4) is 0 Å². The number of aromatic nitrogens is 4. The van der Waals surface area contributed by atoms with Gasteiger partial charge in [0.05, 0.1) is 35.9 Å². The number of nitrogens with zero attached hydrogens (tertiary/aromatic N) is 5. The molecule has 1 aliphatic rings. The van der Waals surface area contributed by atoms with E-state index in [4.69, 9.17) is 14.9 Å². The molecule has 0 radical (unpaired) electrons. The Bertz CT molecular complexity index is 1840. The average Bonchev–Trinajstić information content (AvgIpc) is 3.39. The molecule has 3 aromatic heterocycles. The number of benzene rings is 2. The number of fused-ring (bicyclic) bond motifs is 2. The minimum absolute atomic E-state index is 0.152. The highest BCUT2D eigenvalue weighted by atomic mass is 32.2. The molecule has 11 nitrogen and oxygen atoms in total. The van der Waals surface area contributed by atoms with Crippen LogP contribution in [0.5, 0.6) is 0 Å². The first-order valence-corrected chi connectivity index (χ1v) is 13.5. The fraction of sp³-hybridized carbons (Fsp3) is 0.231. The van der Waals surface area contributed by atoms with Crippen LogP contribution in [0.2, 0.25) is 0 Å². The molecule has 1 fully saturated rings. The molecule has 1 unspecified atom stereocenters. The molecule has 1 saturated heterocycles. The lowest BCUT2D eigenvalue weighted by Crippen LogP contribution is -2.40. The summed E-state index contributed by atoms with van der Waals surface area (Å²) in [7, 11) is -3.75. The van der Waals surface area contributed by atoms with E-state index in [1.165, 1.54) is 10.6 Å². The number of nitrogens with two attached hydrogens (primary N) is 1. The molecule has 5 aromatic rings. The molecule has 0 amide bonds. The SMILES string of the molecule is CC(c1oc(=O)c2ccccc2c1-c1cccc(S(=O)(=O)N2CCOCC2)c1)n1cnc2c(N)ncnc21. The summed E-state index contributed by atoms with van der Waals surface area (Å²) in [6, 6.07) is 13.3. The summed E-state index contributed by atoms with van der Waals surface area (Å²) in [6.07, 6.45) is 2.92. The van der Waals surface area contributed by atoms with Gasteiger partial charge in [-0.3, -0.25) is 0 Å². The van der Waals surface area contributed by atoms with E-state index in [2.05, 4.69) is 15.0 Å². The maximum absolute atomic E-state index is 13.4. The van der Waals surface area contributed by atoms with Crippen molar-refractivity contribution >= 4 is 37.8 Å². The van der Waals surface area contributed by atoms with E-state index in [0.717, 1.165) is 0 Å². The predicted molar refractivity (Wildman–Crippen MR) is 141 cm³/mol. The third-order valence-corrected chi connectivity index (χ3v) is 8.67. The van der Waals surface area contributed by atoms with Crippen LogP contribution in [0.25, 0.3) is 33.1 Å². The average molecular weight is 533 g/mol. The van der Waals surface area contributed by atoms with Crippen LogP contribution in [0, 0.1) is 0 Å². The van der Waals surface area contributed by atoms with E-state index in [0.29, 0.717) is 52.0 Å². The van der Waals surface area contributed by atoms with Crippen LogP contribution in [0.4, 0.5) is 5.82 Å². The van der Waals surface area contributed by atoms with Gasteiger partial charge in [-0.25, -0.2) is 28.2 Å². The Morgan fingerprint density at radius 1 is 1.00 bits per heavy atom. The summed E-state index contributed by atoms with van der Waals surface area (Å²) < 4.78 is 41.3. The zero-order valence-corrected chi connectivity index (χ0v) is 21.3. The Balaban J connectivity index is 1.57. The molecular formula is C26H24N6O5S. The molecule has 6 rings (SSSR count). The van der Waals surface area contributed by atoms with Gasteiger partial charge in [0.15, 0.2) is 11.5 Å². The van der Waals surface area contributed by atoms with Gasteiger partial charge < -0.3 is 19.5 Å². The molecule has 2 N–H and O–H groups in total. The first-order valence-electron chi connectivity index (χ1n) is 12.0. The number of ether oxygens (including phenoxy) is 1. The third-order valence-electron chi connectivity index (χ3n) is 6.78. The first kappa shape index (κ1) is 24.2. The second-order valence-corrected chi connectivity index (χ2v) is 10.9. The van der Waals surface area contributed by atoms with Gasteiger partial charge >= 0.3 is 5.63 Å². The number of rotatable bonds is 5. The highest BCUT2D eigenvalue weighted by molar-refractivity contribution is 7.89. The van der Waals surface area contributed by atoms with Gasteiger partial charge in [-0.05, 0) is 30.7 Å². The van der Waals surface area contributed by atoms with Crippen LogP contribution in [-0.4, -0.2) is 58.5 Å². The minimum Gasteiger partial charge on any atom is -0.425 e. The summed E-state index contributed by atoms with van der Waals surface area (Å²) in [6.45, 7) is 3.13. The lowest BCUT2D eigenvalue weighted by atomic mass is 9.96. The minimum atomic E-state index is -3.75. The van der Waals surface area contributed by atoms with Crippen LogP contribution < -0.4 is 11.4 Å². The van der Waals surface area contributed by atoms with Crippen molar-refractivity contribution in [3.63, 3.8) is 0 Å². The zero-order chi connectivity index (χ0) is 26.4. The van der Waals surface area contributed by atoms with Gasteiger partial charge in [0.25, 0.3) is 0 Å². The molecule has 0 saturated carbocycles. The summed E-state index contributed by atoms with van der Waals surface area (Å²) in [5.41, 5.74) is 7.60. The molecule has 4 heterocycles. The normalized spacial score (nSPS) is 15.7. The fourth-order valence-electron chi connectivity index (χ4n) is 4.84. The van der Waals surface area contributed by atoms with E-state index in [1.54, 1.807) is 41.2 Å². The Hall–Kier alpha value is -4.13. The fourth-order valence-corrected chi connectivity index (χ4v) is 6.29. The topological polar surface area (TPSA) is 146 Å². The maximum atomic E-state index is 13.4. The molecular weight excluding hydrogens is 508 g/mol. The van der Waals surface area contributed by atoms with Crippen molar-refractivity contribution in [2.75, 3.05) is 32.0 Å². The molecule has 2 aromatic carbocycles. The highest BCUT2D eigenvalue weighted by Crippen LogP contribution is 2.37. The predicted octanol–water partition coefficient (Wildman–Crippen LogP) is 2.81. The number of hydrogen-bond acceptors (Lipinski definition) is 9. The number of nitrogen functional groups attached to an aromatic ring is 1. The third kappa shape index (κ3) is 3.93. The number of anilines is 1.